The second-order valence-corrected chi connectivity index (χ2v) is 9.05. The van der Waals surface area contributed by atoms with E-state index in [0.717, 1.165) is 49.8 Å². The predicted molar refractivity (Wildman–Crippen MR) is 129 cm³/mol. The number of hydrogen-bond donors (Lipinski definition) is 1. The summed E-state index contributed by atoms with van der Waals surface area (Å²) in [6.07, 6.45) is 9.06. The fourth-order valence-corrected chi connectivity index (χ4v) is 4.92. The van der Waals surface area contributed by atoms with Gasteiger partial charge in [-0.15, -0.1) is 0 Å². The standard InChI is InChI=1S/C27H26FN5O/c1-33(16-21-7-4-10-30-21)27(34)25-22(18-5-2-3-6-18)15-31-24-9-8-23(32-26(24)25)19-11-17(14-29)12-20(28)13-19/h5,8-9,11-13,15,21,30H,2-4,6-7,10,16H2,1H3/t21-/m0/s1. The molecule has 2 aromatic heterocycles. The number of aromatic nitrogens is 2. The van der Waals surface area contributed by atoms with Crippen LogP contribution < -0.4 is 5.32 Å². The second kappa shape index (κ2) is 9.32. The van der Waals surface area contributed by atoms with E-state index in [9.17, 15) is 14.4 Å². The molecule has 0 saturated carbocycles. The maximum atomic E-state index is 14.1. The molecule has 2 aliphatic rings. The van der Waals surface area contributed by atoms with Crippen LogP contribution in [-0.2, 0) is 0 Å². The van der Waals surface area contributed by atoms with Crippen molar-refractivity contribution in [3.05, 3.63) is 65.1 Å². The summed E-state index contributed by atoms with van der Waals surface area (Å²) in [5.41, 5.74) is 4.80. The van der Waals surface area contributed by atoms with E-state index >= 15 is 0 Å². The summed E-state index contributed by atoms with van der Waals surface area (Å²) < 4.78 is 14.1. The minimum Gasteiger partial charge on any atom is -0.340 e. The quantitative estimate of drug-likeness (QED) is 0.603. The number of amides is 1. The summed E-state index contributed by atoms with van der Waals surface area (Å²) in [5.74, 6) is -0.593. The third-order valence-electron chi connectivity index (χ3n) is 6.64. The molecule has 1 aliphatic heterocycles. The van der Waals surface area contributed by atoms with Gasteiger partial charge in [0.2, 0.25) is 0 Å². The average Bonchev–Trinajstić information content (AvgIpc) is 3.56. The van der Waals surface area contributed by atoms with Crippen molar-refractivity contribution in [3.63, 3.8) is 0 Å². The lowest BCUT2D eigenvalue weighted by Crippen LogP contribution is -2.39. The van der Waals surface area contributed by atoms with Gasteiger partial charge >= 0.3 is 0 Å². The van der Waals surface area contributed by atoms with Gasteiger partial charge in [-0.05, 0) is 74.6 Å². The third kappa shape index (κ3) is 4.29. The van der Waals surface area contributed by atoms with Crippen molar-refractivity contribution >= 4 is 22.5 Å². The molecule has 6 nitrogen and oxygen atoms in total. The zero-order valence-corrected chi connectivity index (χ0v) is 19.1. The van der Waals surface area contributed by atoms with Crippen molar-refractivity contribution in [1.29, 1.82) is 5.26 Å². The molecule has 1 amide bonds. The molecular formula is C27H26FN5O. The molecule has 1 atom stereocenters. The number of nitriles is 1. The number of halogens is 1. The molecule has 5 rings (SSSR count). The molecule has 0 unspecified atom stereocenters. The number of nitrogens with zero attached hydrogens (tertiary/aromatic N) is 4. The molecule has 3 heterocycles. The topological polar surface area (TPSA) is 81.9 Å². The molecule has 1 aromatic carbocycles. The highest BCUT2D eigenvalue weighted by molar-refractivity contribution is 6.09. The first kappa shape index (κ1) is 22.2. The Bertz CT molecular complexity index is 1340. The number of allylic oxidation sites excluding steroid dienone is 2. The van der Waals surface area contributed by atoms with Gasteiger partial charge < -0.3 is 10.2 Å². The fraction of sp³-hybridized carbons (Fsp3) is 0.333. The summed E-state index contributed by atoms with van der Waals surface area (Å²) in [5, 5.41) is 12.7. The van der Waals surface area contributed by atoms with Gasteiger partial charge in [0.15, 0.2) is 0 Å². The summed E-state index contributed by atoms with van der Waals surface area (Å²) in [6.45, 7) is 1.60. The lowest BCUT2D eigenvalue weighted by molar-refractivity contribution is 0.0785. The number of carbonyl (C=O) groups is 1. The van der Waals surface area contributed by atoms with E-state index in [4.69, 9.17) is 4.98 Å². The van der Waals surface area contributed by atoms with Crippen LogP contribution in [0.25, 0.3) is 27.9 Å². The van der Waals surface area contributed by atoms with Crippen molar-refractivity contribution in [2.24, 2.45) is 0 Å². The van der Waals surface area contributed by atoms with Crippen LogP contribution in [0.15, 0.2) is 42.6 Å². The van der Waals surface area contributed by atoms with Gasteiger partial charge in [0, 0.05) is 37.0 Å². The Balaban J connectivity index is 1.64. The second-order valence-electron chi connectivity index (χ2n) is 9.05. The first-order chi connectivity index (χ1) is 16.5. The first-order valence-electron chi connectivity index (χ1n) is 11.7. The molecule has 1 fully saturated rings. The number of fused-ring (bicyclic) bond motifs is 1. The van der Waals surface area contributed by atoms with Gasteiger partial charge in [0.1, 0.15) is 11.3 Å². The van der Waals surface area contributed by atoms with E-state index in [0.29, 0.717) is 34.4 Å². The molecule has 0 radical (unpaired) electrons. The van der Waals surface area contributed by atoms with E-state index in [1.165, 1.54) is 12.1 Å². The average molecular weight is 456 g/mol. The van der Waals surface area contributed by atoms with Gasteiger partial charge in [-0.25, -0.2) is 9.37 Å². The highest BCUT2D eigenvalue weighted by Crippen LogP contribution is 2.34. The van der Waals surface area contributed by atoms with Crippen LogP contribution in [0.3, 0.4) is 0 Å². The SMILES string of the molecule is CN(C[C@@H]1CCCN1)C(=O)c1c(C2=CCCC2)cnc2ccc(-c3cc(F)cc(C#N)c3)nc12. The number of nitrogens with one attached hydrogen (secondary N) is 1. The highest BCUT2D eigenvalue weighted by atomic mass is 19.1. The maximum Gasteiger partial charge on any atom is 0.256 e. The predicted octanol–water partition coefficient (Wildman–Crippen LogP) is 4.70. The monoisotopic (exact) mass is 455 g/mol. The molecule has 7 heteroatoms. The van der Waals surface area contributed by atoms with Gasteiger partial charge in [-0.2, -0.15) is 5.26 Å². The van der Waals surface area contributed by atoms with Crippen LogP contribution in [0.2, 0.25) is 0 Å². The molecular weight excluding hydrogens is 429 g/mol. The molecule has 0 spiro atoms. The lowest BCUT2D eigenvalue weighted by atomic mass is 9.98. The van der Waals surface area contributed by atoms with Crippen LogP contribution in [0.5, 0.6) is 0 Å². The zero-order valence-electron chi connectivity index (χ0n) is 19.1. The number of rotatable bonds is 5. The fourth-order valence-electron chi connectivity index (χ4n) is 4.92. The van der Waals surface area contributed by atoms with Gasteiger partial charge in [0.25, 0.3) is 5.91 Å². The van der Waals surface area contributed by atoms with E-state index in [-0.39, 0.29) is 17.5 Å². The van der Waals surface area contributed by atoms with Crippen LogP contribution in [0.4, 0.5) is 4.39 Å². The Labute approximate surface area is 198 Å². The lowest BCUT2D eigenvalue weighted by Gasteiger charge is -2.23. The Hall–Kier alpha value is -3.63. The molecule has 0 bridgehead atoms. The number of pyridine rings is 2. The summed E-state index contributed by atoms with van der Waals surface area (Å²) >= 11 is 0. The summed E-state index contributed by atoms with van der Waals surface area (Å²) in [7, 11) is 1.83. The number of likely N-dealkylation sites (N-methyl/N-ethyl adjacent to an activating group) is 1. The van der Waals surface area contributed by atoms with Gasteiger partial charge in [0.05, 0.1) is 28.4 Å². The van der Waals surface area contributed by atoms with Crippen LogP contribution >= 0.6 is 0 Å². The number of hydrogen-bond acceptors (Lipinski definition) is 5. The molecule has 172 valence electrons. The van der Waals surface area contributed by atoms with E-state index < -0.39 is 5.82 Å². The minimum absolute atomic E-state index is 0.0921. The first-order valence-corrected chi connectivity index (χ1v) is 11.7. The van der Waals surface area contributed by atoms with E-state index in [1.807, 2.05) is 13.1 Å². The number of benzene rings is 1. The summed E-state index contributed by atoms with van der Waals surface area (Å²) in [6, 6.07) is 9.98. The smallest absolute Gasteiger partial charge is 0.256 e. The minimum atomic E-state index is -0.501. The highest BCUT2D eigenvalue weighted by Gasteiger charge is 2.26. The Morgan fingerprint density at radius 1 is 1.29 bits per heavy atom. The Morgan fingerprint density at radius 2 is 2.18 bits per heavy atom. The van der Waals surface area contributed by atoms with Crippen molar-refractivity contribution < 1.29 is 9.18 Å². The van der Waals surface area contributed by atoms with Crippen molar-refractivity contribution in [1.82, 2.24) is 20.2 Å². The normalized spacial score (nSPS) is 17.6. The van der Waals surface area contributed by atoms with E-state index in [2.05, 4.69) is 16.4 Å². The zero-order chi connectivity index (χ0) is 23.7. The molecule has 1 N–H and O–H groups in total. The van der Waals surface area contributed by atoms with Gasteiger partial charge in [-0.3, -0.25) is 9.78 Å². The summed E-state index contributed by atoms with van der Waals surface area (Å²) in [4.78, 5) is 25.0. The maximum absolute atomic E-state index is 14.1. The molecule has 3 aromatic rings. The molecule has 1 aliphatic carbocycles. The van der Waals surface area contributed by atoms with Crippen molar-refractivity contribution in [3.8, 4) is 17.3 Å². The van der Waals surface area contributed by atoms with Gasteiger partial charge in [-0.1, -0.05) is 6.08 Å². The molecule has 1 saturated heterocycles. The number of carbonyl (C=O) groups excluding carboxylic acids is 1. The van der Waals surface area contributed by atoms with Crippen molar-refractivity contribution in [2.45, 2.75) is 38.1 Å². The third-order valence-corrected chi connectivity index (χ3v) is 6.64. The Kier molecular flexibility index (Phi) is 6.08. The van der Waals surface area contributed by atoms with Crippen LogP contribution in [0.1, 0.15) is 53.6 Å². The van der Waals surface area contributed by atoms with Crippen LogP contribution in [-0.4, -0.2) is 47.0 Å². The molecule has 34 heavy (non-hydrogen) atoms. The van der Waals surface area contributed by atoms with E-state index in [1.54, 1.807) is 29.3 Å². The van der Waals surface area contributed by atoms with Crippen molar-refractivity contribution in [2.75, 3.05) is 20.1 Å². The van der Waals surface area contributed by atoms with Crippen LogP contribution in [0, 0.1) is 17.1 Å². The largest absolute Gasteiger partial charge is 0.340 e. The Morgan fingerprint density at radius 3 is 2.91 bits per heavy atom.